The SMILES string of the molecule is Nc1nc(N=Nc2ccc(O)cc2O)nc(N(Cc2ccccn2)Cc2ccccn2)n1. The van der Waals surface area contributed by atoms with Crippen LogP contribution >= 0.6 is 0 Å². The quantitative estimate of drug-likeness (QED) is 0.375. The lowest BCUT2D eigenvalue weighted by atomic mass is 10.3. The van der Waals surface area contributed by atoms with Gasteiger partial charge in [-0.05, 0) is 36.4 Å². The Bertz CT molecular complexity index is 1180. The summed E-state index contributed by atoms with van der Waals surface area (Å²) in [5.74, 6) is -0.119. The lowest BCUT2D eigenvalue weighted by Gasteiger charge is -2.22. The van der Waals surface area contributed by atoms with Crippen molar-refractivity contribution in [2.75, 3.05) is 10.6 Å². The van der Waals surface area contributed by atoms with Crippen LogP contribution in [0.1, 0.15) is 11.4 Å². The molecule has 1 aromatic carbocycles. The maximum Gasteiger partial charge on any atom is 0.275 e. The van der Waals surface area contributed by atoms with Crippen LogP contribution in [0.25, 0.3) is 0 Å². The summed E-state index contributed by atoms with van der Waals surface area (Å²) in [5, 5.41) is 27.2. The predicted molar refractivity (Wildman–Crippen MR) is 117 cm³/mol. The first-order valence-corrected chi connectivity index (χ1v) is 9.57. The van der Waals surface area contributed by atoms with Gasteiger partial charge in [0, 0.05) is 18.5 Å². The minimum absolute atomic E-state index is 0.0352. The number of azo groups is 1. The molecule has 0 spiro atoms. The normalized spacial score (nSPS) is 11.0. The number of phenolic OH excluding ortho intramolecular Hbond substituents is 2. The van der Waals surface area contributed by atoms with Crippen molar-refractivity contribution in [2.45, 2.75) is 13.1 Å². The van der Waals surface area contributed by atoms with Crippen LogP contribution in [0.2, 0.25) is 0 Å². The maximum atomic E-state index is 9.88. The molecule has 0 aliphatic carbocycles. The van der Waals surface area contributed by atoms with Gasteiger partial charge in [0.05, 0.1) is 24.5 Å². The molecule has 4 rings (SSSR count). The van der Waals surface area contributed by atoms with Crippen LogP contribution in [-0.4, -0.2) is 35.1 Å². The summed E-state index contributed by atoms with van der Waals surface area (Å²) in [7, 11) is 0. The monoisotopic (exact) mass is 429 g/mol. The van der Waals surface area contributed by atoms with Gasteiger partial charge in [-0.3, -0.25) is 9.97 Å². The molecule has 0 saturated carbocycles. The number of anilines is 2. The summed E-state index contributed by atoms with van der Waals surface area (Å²) in [6.07, 6.45) is 3.42. The number of hydrogen-bond donors (Lipinski definition) is 3. The second kappa shape index (κ2) is 9.43. The Morgan fingerprint density at radius 3 is 2.09 bits per heavy atom. The summed E-state index contributed by atoms with van der Waals surface area (Å²) >= 11 is 0. The van der Waals surface area contributed by atoms with Crippen molar-refractivity contribution in [1.82, 2.24) is 24.9 Å². The first-order chi connectivity index (χ1) is 15.6. The third-order valence-electron chi connectivity index (χ3n) is 4.28. The molecular formula is C21H19N9O2. The third-order valence-corrected chi connectivity index (χ3v) is 4.28. The van der Waals surface area contributed by atoms with E-state index in [1.165, 1.54) is 12.1 Å². The standard InChI is InChI=1S/C21H19N9O2/c22-19-25-20(29-28-17-8-7-16(31)11-18(17)32)27-21(26-19)30(12-14-5-1-3-9-23-14)13-15-6-2-4-10-24-15/h1-11,31-32H,12-13H2,(H2,22,25,26,27). The highest BCUT2D eigenvalue weighted by atomic mass is 16.3. The van der Waals surface area contributed by atoms with Gasteiger partial charge >= 0.3 is 0 Å². The van der Waals surface area contributed by atoms with Crippen LogP contribution in [-0.2, 0) is 13.1 Å². The van der Waals surface area contributed by atoms with Gasteiger partial charge in [-0.2, -0.15) is 15.0 Å². The van der Waals surface area contributed by atoms with Crippen LogP contribution in [0.15, 0.2) is 77.2 Å². The number of aromatic hydroxyl groups is 2. The Labute approximate surface area is 183 Å². The van der Waals surface area contributed by atoms with Crippen LogP contribution in [0.3, 0.4) is 0 Å². The van der Waals surface area contributed by atoms with Crippen LogP contribution in [0, 0.1) is 0 Å². The van der Waals surface area contributed by atoms with E-state index >= 15 is 0 Å². The zero-order valence-electron chi connectivity index (χ0n) is 16.8. The molecule has 0 aliphatic rings. The number of hydrogen-bond acceptors (Lipinski definition) is 11. The minimum Gasteiger partial charge on any atom is -0.508 e. The lowest BCUT2D eigenvalue weighted by molar-refractivity contribution is 0.451. The number of benzene rings is 1. The van der Waals surface area contributed by atoms with Crippen molar-refractivity contribution in [3.05, 3.63) is 78.4 Å². The van der Waals surface area contributed by atoms with E-state index in [1.54, 1.807) is 12.4 Å². The fourth-order valence-corrected chi connectivity index (χ4v) is 2.82. The lowest BCUT2D eigenvalue weighted by Crippen LogP contribution is -2.25. The molecule has 0 bridgehead atoms. The molecule has 3 heterocycles. The zero-order valence-corrected chi connectivity index (χ0v) is 16.8. The average Bonchev–Trinajstić information content (AvgIpc) is 2.79. The van der Waals surface area contributed by atoms with E-state index in [0.29, 0.717) is 13.1 Å². The molecule has 0 unspecified atom stereocenters. The van der Waals surface area contributed by atoms with E-state index in [4.69, 9.17) is 5.73 Å². The summed E-state index contributed by atoms with van der Waals surface area (Å²) in [5.41, 5.74) is 7.65. The smallest absolute Gasteiger partial charge is 0.275 e. The van der Waals surface area contributed by atoms with Gasteiger partial charge in [0.1, 0.15) is 17.2 Å². The largest absolute Gasteiger partial charge is 0.508 e. The number of nitrogen functional groups attached to an aromatic ring is 1. The highest BCUT2D eigenvalue weighted by molar-refractivity contribution is 5.53. The highest BCUT2D eigenvalue weighted by Gasteiger charge is 2.15. The van der Waals surface area contributed by atoms with Gasteiger partial charge in [-0.25, -0.2) is 0 Å². The Morgan fingerprint density at radius 2 is 1.50 bits per heavy atom. The molecule has 0 saturated heterocycles. The molecule has 0 amide bonds. The number of rotatable bonds is 7. The molecule has 4 N–H and O–H groups in total. The summed E-state index contributed by atoms with van der Waals surface area (Å²) < 4.78 is 0. The molecular weight excluding hydrogens is 410 g/mol. The molecule has 4 aromatic rings. The second-order valence-electron chi connectivity index (χ2n) is 6.66. The van der Waals surface area contributed by atoms with E-state index in [-0.39, 0.29) is 35.0 Å². The first kappa shape index (κ1) is 20.6. The molecule has 11 nitrogen and oxygen atoms in total. The van der Waals surface area contributed by atoms with E-state index in [0.717, 1.165) is 17.5 Å². The van der Waals surface area contributed by atoms with Crippen LogP contribution in [0.5, 0.6) is 11.5 Å². The fraction of sp³-hybridized carbons (Fsp3) is 0.0952. The van der Waals surface area contributed by atoms with Gasteiger partial charge in [0.25, 0.3) is 5.95 Å². The van der Waals surface area contributed by atoms with E-state index in [2.05, 4.69) is 35.1 Å². The van der Waals surface area contributed by atoms with Crippen LogP contribution in [0.4, 0.5) is 23.5 Å². The number of phenols is 2. The predicted octanol–water partition coefficient (Wildman–Crippen LogP) is 3.28. The topological polar surface area (TPSA) is 159 Å². The van der Waals surface area contributed by atoms with Crippen molar-refractivity contribution in [3.8, 4) is 11.5 Å². The third kappa shape index (κ3) is 5.27. The van der Waals surface area contributed by atoms with Crippen molar-refractivity contribution in [1.29, 1.82) is 0 Å². The molecule has 0 radical (unpaired) electrons. The van der Waals surface area contributed by atoms with Gasteiger partial charge < -0.3 is 20.8 Å². The number of nitrogens with zero attached hydrogens (tertiary/aromatic N) is 8. The molecule has 0 atom stereocenters. The summed E-state index contributed by atoms with van der Waals surface area (Å²) in [4.78, 5) is 23.2. The summed E-state index contributed by atoms with van der Waals surface area (Å²) in [6.45, 7) is 0.798. The molecule has 3 aromatic heterocycles. The highest BCUT2D eigenvalue weighted by Crippen LogP contribution is 2.31. The fourth-order valence-electron chi connectivity index (χ4n) is 2.82. The van der Waals surface area contributed by atoms with Gasteiger partial charge in [-0.1, -0.05) is 12.1 Å². The number of pyridine rings is 2. The van der Waals surface area contributed by atoms with Gasteiger partial charge in [0.15, 0.2) is 0 Å². The van der Waals surface area contributed by atoms with Gasteiger partial charge in [-0.15, -0.1) is 10.2 Å². The zero-order chi connectivity index (χ0) is 22.3. The molecule has 160 valence electrons. The molecule has 0 aliphatic heterocycles. The average molecular weight is 429 g/mol. The Kier molecular flexibility index (Phi) is 6.07. The molecule has 0 fully saturated rings. The van der Waals surface area contributed by atoms with Crippen molar-refractivity contribution < 1.29 is 10.2 Å². The Balaban J connectivity index is 1.65. The Hall–Kier alpha value is -4.67. The first-order valence-electron chi connectivity index (χ1n) is 9.57. The van der Waals surface area contributed by atoms with Gasteiger partial charge in [0.2, 0.25) is 11.9 Å². The minimum atomic E-state index is -0.233. The summed E-state index contributed by atoms with van der Waals surface area (Å²) in [6, 6.07) is 15.2. The van der Waals surface area contributed by atoms with Crippen LogP contribution < -0.4 is 10.6 Å². The van der Waals surface area contributed by atoms with Crippen molar-refractivity contribution in [3.63, 3.8) is 0 Å². The van der Waals surface area contributed by atoms with Crippen molar-refractivity contribution >= 4 is 23.5 Å². The number of nitrogens with two attached hydrogens (primary N) is 1. The van der Waals surface area contributed by atoms with E-state index in [1.807, 2.05) is 41.3 Å². The Morgan fingerprint density at radius 1 is 0.812 bits per heavy atom. The molecule has 32 heavy (non-hydrogen) atoms. The number of aromatic nitrogens is 5. The van der Waals surface area contributed by atoms with E-state index < -0.39 is 0 Å². The second-order valence-corrected chi connectivity index (χ2v) is 6.66. The van der Waals surface area contributed by atoms with E-state index in [9.17, 15) is 10.2 Å². The van der Waals surface area contributed by atoms with Crippen molar-refractivity contribution in [2.24, 2.45) is 10.2 Å². The maximum absolute atomic E-state index is 9.88. The molecule has 11 heteroatoms.